The van der Waals surface area contributed by atoms with Crippen molar-refractivity contribution < 1.29 is 22.7 Å². The molecule has 1 atom stereocenters. The van der Waals surface area contributed by atoms with Crippen LogP contribution in [0.25, 0.3) is 0 Å². The summed E-state index contributed by atoms with van der Waals surface area (Å²) in [6.07, 6.45) is 0. The van der Waals surface area contributed by atoms with E-state index in [0.717, 1.165) is 14.2 Å². The fraction of sp³-hybridized carbons (Fsp3) is 0.350. The Morgan fingerprint density at radius 3 is 2.24 bits per heavy atom. The second-order valence-corrected chi connectivity index (χ2v) is 9.08. The molecule has 2 aromatic rings. The van der Waals surface area contributed by atoms with Crippen LogP contribution < -0.4 is 19.1 Å². The van der Waals surface area contributed by atoms with Crippen LogP contribution >= 0.6 is 0 Å². The van der Waals surface area contributed by atoms with E-state index in [1.165, 1.54) is 21.1 Å². The monoisotopic (exact) mass is 419 g/mol. The highest BCUT2D eigenvalue weighted by atomic mass is 32.2. The van der Waals surface area contributed by atoms with Crippen LogP contribution in [0.2, 0.25) is 0 Å². The standard InChI is InChI=1S/C20H25N3O5S/c1-14(16-7-10-18-19(13-16)28-12-11-27-18)21-20(24)15-5-8-17(9-6-15)23(4)29(25,26)22(2)3/h5-10,13-14H,11-12H2,1-4H3,(H,21,24)/t14-/m0/s1. The molecule has 3 rings (SSSR count). The van der Waals surface area contributed by atoms with Crippen LogP contribution in [-0.2, 0) is 10.2 Å². The molecular formula is C20H25N3O5S. The van der Waals surface area contributed by atoms with Gasteiger partial charge in [-0.3, -0.25) is 9.10 Å². The van der Waals surface area contributed by atoms with Crippen molar-refractivity contribution in [3.8, 4) is 11.5 Å². The Kier molecular flexibility index (Phi) is 5.99. The average molecular weight is 420 g/mol. The molecule has 1 aliphatic heterocycles. The first kappa shape index (κ1) is 20.9. The molecule has 0 saturated carbocycles. The third-order valence-corrected chi connectivity index (χ3v) is 6.54. The van der Waals surface area contributed by atoms with Gasteiger partial charge in [0, 0.05) is 26.7 Å². The van der Waals surface area contributed by atoms with E-state index in [4.69, 9.17) is 9.47 Å². The zero-order valence-electron chi connectivity index (χ0n) is 16.9. The number of carbonyl (C=O) groups excluding carboxylic acids is 1. The summed E-state index contributed by atoms with van der Waals surface area (Å²) < 4.78 is 37.8. The molecule has 2 aromatic carbocycles. The highest BCUT2D eigenvalue weighted by Gasteiger charge is 2.21. The Morgan fingerprint density at radius 2 is 1.62 bits per heavy atom. The summed E-state index contributed by atoms with van der Waals surface area (Å²) in [5, 5.41) is 2.94. The van der Waals surface area contributed by atoms with Gasteiger partial charge in [-0.05, 0) is 48.9 Å². The summed E-state index contributed by atoms with van der Waals surface area (Å²) in [6.45, 7) is 2.91. The number of fused-ring (bicyclic) bond motifs is 1. The first-order valence-corrected chi connectivity index (χ1v) is 10.6. The van der Waals surface area contributed by atoms with Crippen LogP contribution in [0.4, 0.5) is 5.69 Å². The number of anilines is 1. The van der Waals surface area contributed by atoms with Gasteiger partial charge in [0.15, 0.2) is 11.5 Å². The molecule has 0 fully saturated rings. The van der Waals surface area contributed by atoms with Crippen molar-refractivity contribution in [1.29, 1.82) is 0 Å². The van der Waals surface area contributed by atoms with E-state index in [0.29, 0.717) is 36.0 Å². The van der Waals surface area contributed by atoms with Crippen LogP contribution in [0.15, 0.2) is 42.5 Å². The molecule has 1 heterocycles. The van der Waals surface area contributed by atoms with Gasteiger partial charge in [-0.15, -0.1) is 0 Å². The highest BCUT2D eigenvalue weighted by Crippen LogP contribution is 2.32. The van der Waals surface area contributed by atoms with Crippen molar-refractivity contribution in [2.45, 2.75) is 13.0 Å². The number of nitrogens with zero attached hydrogens (tertiary/aromatic N) is 2. The second-order valence-electron chi connectivity index (χ2n) is 6.90. The maximum absolute atomic E-state index is 12.6. The van der Waals surface area contributed by atoms with Crippen LogP contribution in [-0.4, -0.2) is 53.0 Å². The molecule has 8 nitrogen and oxygen atoms in total. The first-order valence-electron chi connectivity index (χ1n) is 9.17. The topological polar surface area (TPSA) is 88.2 Å². The maximum Gasteiger partial charge on any atom is 0.303 e. The first-order chi connectivity index (χ1) is 13.7. The fourth-order valence-corrected chi connectivity index (χ4v) is 3.77. The van der Waals surface area contributed by atoms with Gasteiger partial charge in [0.1, 0.15) is 13.2 Å². The molecule has 0 aliphatic carbocycles. The van der Waals surface area contributed by atoms with Crippen LogP contribution in [0, 0.1) is 0 Å². The quantitative estimate of drug-likeness (QED) is 0.776. The fourth-order valence-electron chi connectivity index (χ4n) is 2.89. The van der Waals surface area contributed by atoms with E-state index >= 15 is 0 Å². The van der Waals surface area contributed by atoms with Gasteiger partial charge in [-0.2, -0.15) is 12.7 Å². The van der Waals surface area contributed by atoms with Crippen molar-refractivity contribution in [2.75, 3.05) is 38.7 Å². The largest absolute Gasteiger partial charge is 0.486 e. The molecular weight excluding hydrogens is 394 g/mol. The minimum Gasteiger partial charge on any atom is -0.486 e. The number of benzene rings is 2. The molecule has 1 N–H and O–H groups in total. The molecule has 1 amide bonds. The Hall–Kier alpha value is -2.78. The Bertz CT molecular complexity index is 990. The van der Waals surface area contributed by atoms with E-state index in [1.54, 1.807) is 24.3 Å². The average Bonchev–Trinajstić information content (AvgIpc) is 2.72. The van der Waals surface area contributed by atoms with Gasteiger partial charge in [-0.1, -0.05) is 6.07 Å². The molecule has 156 valence electrons. The lowest BCUT2D eigenvalue weighted by Crippen LogP contribution is -2.37. The lowest BCUT2D eigenvalue weighted by atomic mass is 10.1. The van der Waals surface area contributed by atoms with Crippen molar-refractivity contribution in [1.82, 2.24) is 9.62 Å². The van der Waals surface area contributed by atoms with Gasteiger partial charge >= 0.3 is 10.2 Å². The van der Waals surface area contributed by atoms with E-state index in [2.05, 4.69) is 5.32 Å². The van der Waals surface area contributed by atoms with Crippen molar-refractivity contribution >= 4 is 21.8 Å². The Morgan fingerprint density at radius 1 is 1.00 bits per heavy atom. The second kappa shape index (κ2) is 8.30. The molecule has 1 aliphatic rings. The van der Waals surface area contributed by atoms with Crippen molar-refractivity contribution in [3.05, 3.63) is 53.6 Å². The van der Waals surface area contributed by atoms with Gasteiger partial charge in [0.25, 0.3) is 5.91 Å². The summed E-state index contributed by atoms with van der Waals surface area (Å²) in [5.41, 5.74) is 1.81. The number of hydrogen-bond acceptors (Lipinski definition) is 5. The number of nitrogens with one attached hydrogen (secondary N) is 1. The molecule has 0 aromatic heterocycles. The molecule has 9 heteroatoms. The summed E-state index contributed by atoms with van der Waals surface area (Å²) in [4.78, 5) is 12.6. The van der Waals surface area contributed by atoms with Gasteiger partial charge in [0.2, 0.25) is 0 Å². The number of carbonyl (C=O) groups is 1. The lowest BCUT2D eigenvalue weighted by molar-refractivity contribution is 0.0939. The summed E-state index contributed by atoms with van der Waals surface area (Å²) in [5.74, 6) is 1.12. The van der Waals surface area contributed by atoms with Crippen LogP contribution in [0.1, 0.15) is 28.9 Å². The summed E-state index contributed by atoms with van der Waals surface area (Å²) >= 11 is 0. The number of hydrogen-bond donors (Lipinski definition) is 1. The number of ether oxygens (including phenoxy) is 2. The molecule has 29 heavy (non-hydrogen) atoms. The van der Waals surface area contributed by atoms with E-state index < -0.39 is 10.2 Å². The molecule has 0 bridgehead atoms. The van der Waals surface area contributed by atoms with Crippen molar-refractivity contribution in [2.24, 2.45) is 0 Å². The zero-order chi connectivity index (χ0) is 21.2. The molecule has 0 unspecified atom stereocenters. The normalized spacial score (nSPS) is 14.4. The minimum absolute atomic E-state index is 0.241. The molecule has 0 saturated heterocycles. The van der Waals surface area contributed by atoms with E-state index in [9.17, 15) is 13.2 Å². The van der Waals surface area contributed by atoms with Crippen LogP contribution in [0.3, 0.4) is 0 Å². The minimum atomic E-state index is -3.58. The van der Waals surface area contributed by atoms with Gasteiger partial charge in [-0.25, -0.2) is 0 Å². The molecule has 0 radical (unpaired) electrons. The van der Waals surface area contributed by atoms with Gasteiger partial charge in [0.05, 0.1) is 11.7 Å². The SMILES string of the molecule is C[C@H](NC(=O)c1ccc(N(C)S(=O)(=O)N(C)C)cc1)c1ccc2c(c1)OCCO2. The third kappa shape index (κ3) is 4.46. The zero-order valence-corrected chi connectivity index (χ0v) is 17.7. The van der Waals surface area contributed by atoms with Crippen LogP contribution in [0.5, 0.6) is 11.5 Å². The Labute approximate surface area is 171 Å². The van der Waals surface area contributed by atoms with E-state index in [1.807, 2.05) is 25.1 Å². The predicted molar refractivity (Wildman–Crippen MR) is 111 cm³/mol. The number of rotatable bonds is 6. The Balaban J connectivity index is 1.69. The smallest absolute Gasteiger partial charge is 0.303 e. The summed E-state index contributed by atoms with van der Waals surface area (Å²) in [7, 11) is 0.815. The lowest BCUT2D eigenvalue weighted by Gasteiger charge is -2.23. The predicted octanol–water partition coefficient (Wildman–Crippen LogP) is 2.19. The maximum atomic E-state index is 12.6. The van der Waals surface area contributed by atoms with Crippen molar-refractivity contribution in [3.63, 3.8) is 0 Å². The highest BCUT2D eigenvalue weighted by molar-refractivity contribution is 7.90. The third-order valence-electron chi connectivity index (χ3n) is 4.71. The summed E-state index contributed by atoms with van der Waals surface area (Å²) in [6, 6.07) is 11.8. The molecule has 0 spiro atoms. The van der Waals surface area contributed by atoms with E-state index in [-0.39, 0.29) is 11.9 Å². The number of amides is 1. The van der Waals surface area contributed by atoms with Gasteiger partial charge < -0.3 is 14.8 Å².